The van der Waals surface area contributed by atoms with Crippen LogP contribution in [0.5, 0.6) is 0 Å². The molecule has 0 heterocycles. The molecule has 8 heteroatoms. The highest BCUT2D eigenvalue weighted by atomic mass is 31.2. The molecule has 6 aromatic rings. The molecule has 0 fully saturated rings. The van der Waals surface area contributed by atoms with Crippen LogP contribution in [0.15, 0.2) is 182 Å². The Kier molecular flexibility index (Phi) is 10.1. The molecule has 0 aromatic heterocycles. The van der Waals surface area contributed by atoms with Crippen LogP contribution in [0.1, 0.15) is 0 Å². The molecule has 44 heavy (non-hydrogen) atoms. The Hall–Kier alpha value is -4.00. The Morgan fingerprint density at radius 2 is 0.500 bits per heavy atom. The molecule has 0 spiro atoms. The molecule has 0 amide bonds. The van der Waals surface area contributed by atoms with Gasteiger partial charge in [-0.2, -0.15) is 0 Å². The third-order valence-corrected chi connectivity index (χ3v) is 15.5. The first-order valence-electron chi connectivity index (χ1n) is 14.0. The minimum atomic E-state index is -4.89. The number of benzene rings is 6. The lowest BCUT2D eigenvalue weighted by Crippen LogP contribution is -2.31. The van der Waals surface area contributed by atoms with E-state index < -0.39 is 21.9 Å². The van der Waals surface area contributed by atoms with Gasteiger partial charge in [-0.3, -0.25) is 4.57 Å². The molecule has 0 radical (unpaired) electrons. The Bertz CT molecular complexity index is 1600. The SMILES string of the molecule is O=P([O-])(O)O.c1ccc(P(=[N+]=P(c2ccccc2)(c2ccccc2)c2ccccc2)(c2ccccc2)c2ccccc2)cc1. The molecule has 0 saturated heterocycles. The zero-order valence-corrected chi connectivity index (χ0v) is 26.5. The molecule has 0 aliphatic heterocycles. The first kappa shape index (κ1) is 31.4. The summed E-state index contributed by atoms with van der Waals surface area (Å²) in [6, 6.07) is 65.7. The van der Waals surface area contributed by atoms with Crippen molar-refractivity contribution in [3.05, 3.63) is 182 Å². The van der Waals surface area contributed by atoms with Gasteiger partial charge in [0.15, 0.2) is 0 Å². The Balaban J connectivity index is 0.000000712. The van der Waals surface area contributed by atoms with Crippen LogP contribution in [0.3, 0.4) is 0 Å². The zero-order chi connectivity index (χ0) is 30.9. The van der Waals surface area contributed by atoms with Gasteiger partial charge in [-0.05, 0) is 72.8 Å². The summed E-state index contributed by atoms with van der Waals surface area (Å²) in [6.45, 7) is 0. The molecule has 0 atom stereocenters. The zero-order valence-electron chi connectivity index (χ0n) is 23.8. The van der Waals surface area contributed by atoms with Crippen molar-refractivity contribution in [3.8, 4) is 0 Å². The maximum atomic E-state index is 8.77. The normalized spacial score (nSPS) is 11.5. The van der Waals surface area contributed by atoms with Crippen LogP contribution < -0.4 is 40.9 Å². The van der Waals surface area contributed by atoms with Gasteiger partial charge in [0.05, 0.1) is 31.8 Å². The van der Waals surface area contributed by atoms with Crippen LogP contribution in [-0.2, 0) is 4.57 Å². The first-order valence-corrected chi connectivity index (χ1v) is 19.0. The van der Waals surface area contributed by atoms with Crippen molar-refractivity contribution in [3.63, 3.8) is 0 Å². The molecule has 2 N–H and O–H groups in total. The number of hydrogen-bond donors (Lipinski definition) is 2. The van der Waals surface area contributed by atoms with E-state index in [4.69, 9.17) is 23.4 Å². The molecule has 0 saturated carbocycles. The van der Waals surface area contributed by atoms with E-state index in [9.17, 15) is 0 Å². The smallest absolute Gasteiger partial charge is 0.301 e. The van der Waals surface area contributed by atoms with Gasteiger partial charge in [-0.25, -0.2) is 0 Å². The van der Waals surface area contributed by atoms with Gasteiger partial charge < -0.3 is 14.7 Å². The summed E-state index contributed by atoms with van der Waals surface area (Å²) in [7, 11) is -9.88. The summed E-state index contributed by atoms with van der Waals surface area (Å²) in [4.78, 5) is 22.9. The van der Waals surface area contributed by atoms with Gasteiger partial charge in [-0.1, -0.05) is 109 Å². The monoisotopic (exact) mass is 635 g/mol. The second-order valence-corrected chi connectivity index (χ2v) is 17.2. The van der Waals surface area contributed by atoms with Crippen LogP contribution in [0.25, 0.3) is 0 Å². The van der Waals surface area contributed by atoms with Crippen molar-refractivity contribution in [2.24, 2.45) is 0 Å². The van der Waals surface area contributed by atoms with E-state index in [1.165, 1.54) is 31.8 Å². The lowest BCUT2D eigenvalue weighted by molar-refractivity contribution is -0.214. The fourth-order valence-corrected chi connectivity index (χ4v) is 14.8. The molecule has 5 nitrogen and oxygen atoms in total. The second kappa shape index (κ2) is 14.2. The number of phosphoric acid groups is 1. The van der Waals surface area contributed by atoms with Gasteiger partial charge in [0.1, 0.15) is 0 Å². The molecule has 0 aliphatic rings. The van der Waals surface area contributed by atoms with Crippen molar-refractivity contribution in [1.29, 1.82) is 0 Å². The van der Waals surface area contributed by atoms with E-state index in [-0.39, 0.29) is 0 Å². The molecular weight excluding hydrogens is 603 g/mol. The quantitative estimate of drug-likeness (QED) is 0.202. The average molecular weight is 636 g/mol. The maximum Gasteiger partial charge on any atom is 0.301 e. The maximum absolute atomic E-state index is 8.77. The van der Waals surface area contributed by atoms with Crippen LogP contribution in [0, 0.1) is 0 Å². The van der Waals surface area contributed by atoms with E-state index in [1.54, 1.807) is 0 Å². The van der Waals surface area contributed by atoms with E-state index in [2.05, 4.69) is 182 Å². The van der Waals surface area contributed by atoms with Crippen molar-refractivity contribution < 1.29 is 19.2 Å². The van der Waals surface area contributed by atoms with Crippen molar-refractivity contribution >= 4 is 53.8 Å². The summed E-state index contributed by atoms with van der Waals surface area (Å²) >= 11 is 0. The molecule has 220 valence electrons. The largest absolute Gasteiger partial charge is 0.756 e. The highest BCUT2D eigenvalue weighted by molar-refractivity contribution is 7.93. The predicted octanol–water partition coefficient (Wildman–Crippen LogP) is 4.85. The standard InChI is InChI=1S/C36H30NP2.H3O4P/c1-7-19-31(20-8-1)38(32-21-9-2-10-22-32,33-23-11-3-12-24-33)37-39(34-25-13-4-14-26-34,35-27-15-5-16-28-35)36-29-17-6-18-30-36;1-5(2,3)4/h1-30H;(H3,1,2,3,4)/q+1;/p-1. The first-order chi connectivity index (χ1) is 21.3. The topological polar surface area (TPSA) is 94.7 Å². The van der Waals surface area contributed by atoms with Crippen LogP contribution in [0.2, 0.25) is 0 Å². The minimum Gasteiger partial charge on any atom is -0.756 e. The van der Waals surface area contributed by atoms with Gasteiger partial charge in [0, 0.05) is 0 Å². The molecule has 6 aromatic carbocycles. The summed E-state index contributed by atoms with van der Waals surface area (Å²) in [5, 5.41) is 7.55. The Morgan fingerprint density at radius 3 is 0.636 bits per heavy atom. The summed E-state index contributed by atoms with van der Waals surface area (Å²) in [5.74, 6) is 0. The number of rotatable bonds is 6. The molecular formula is C36H32NO4P3. The van der Waals surface area contributed by atoms with Gasteiger partial charge in [-0.15, -0.1) is 4.17 Å². The van der Waals surface area contributed by atoms with Crippen LogP contribution in [0.4, 0.5) is 0 Å². The fraction of sp³-hybridized carbons (Fsp3) is 0. The van der Waals surface area contributed by atoms with Crippen LogP contribution in [-0.4, -0.2) is 9.79 Å². The molecule has 0 bridgehead atoms. The van der Waals surface area contributed by atoms with E-state index in [1.807, 2.05) is 0 Å². The van der Waals surface area contributed by atoms with E-state index >= 15 is 0 Å². The van der Waals surface area contributed by atoms with Crippen molar-refractivity contribution in [1.82, 2.24) is 4.17 Å². The van der Waals surface area contributed by atoms with Gasteiger partial charge in [0.2, 0.25) is 0 Å². The summed E-state index contributed by atoms with van der Waals surface area (Å²) < 4.78 is 15.2. The second-order valence-electron chi connectivity index (χ2n) is 9.86. The number of hydrogen-bond acceptors (Lipinski definition) is 2. The number of nitrogens with zero attached hydrogens (tertiary/aromatic N) is 1. The highest BCUT2D eigenvalue weighted by Gasteiger charge is 2.44. The van der Waals surface area contributed by atoms with Crippen LogP contribution >= 0.6 is 21.9 Å². The Labute approximate surface area is 258 Å². The van der Waals surface area contributed by atoms with Crippen molar-refractivity contribution in [2.45, 2.75) is 0 Å². The molecule has 0 aliphatic carbocycles. The third-order valence-electron chi connectivity index (χ3n) is 7.05. The lowest BCUT2D eigenvalue weighted by Gasteiger charge is -2.20. The van der Waals surface area contributed by atoms with Gasteiger partial charge >= 0.3 is 14.1 Å². The van der Waals surface area contributed by atoms with Gasteiger partial charge in [0.25, 0.3) is 7.82 Å². The fourth-order valence-electron chi connectivity index (χ4n) is 5.27. The third kappa shape index (κ3) is 7.03. The molecule has 0 unspecified atom stereocenters. The molecule has 6 rings (SSSR count). The summed E-state index contributed by atoms with van der Waals surface area (Å²) in [6.07, 6.45) is 0. The summed E-state index contributed by atoms with van der Waals surface area (Å²) in [5.41, 5.74) is 0. The van der Waals surface area contributed by atoms with E-state index in [0.29, 0.717) is 0 Å². The highest BCUT2D eigenvalue weighted by Crippen LogP contribution is 2.50. The average Bonchev–Trinajstić information content (AvgIpc) is 3.07. The lowest BCUT2D eigenvalue weighted by atomic mass is 10.4. The van der Waals surface area contributed by atoms with E-state index in [0.717, 1.165) is 0 Å². The predicted molar refractivity (Wildman–Crippen MR) is 184 cm³/mol. The van der Waals surface area contributed by atoms with Crippen molar-refractivity contribution in [2.75, 3.05) is 0 Å². The Morgan fingerprint density at radius 1 is 0.364 bits per heavy atom. The minimum absolute atomic E-state index is 1.26.